The Kier molecular flexibility index (Phi) is 55.5. The van der Waals surface area contributed by atoms with Crippen LogP contribution < -0.4 is 5.32 Å². The number of unbranched alkanes of at least 4 members (excludes halogenated alkanes) is 38. The fraction of sp³-hybridized carbons (Fsp3) is 0.833. The first-order valence-electron chi connectivity index (χ1n) is 32.2. The van der Waals surface area contributed by atoms with Crippen molar-refractivity contribution in [3.05, 3.63) is 60.8 Å². The van der Waals surface area contributed by atoms with Crippen molar-refractivity contribution in [2.75, 3.05) is 40.9 Å². The molecule has 3 N–H and O–H groups in total. The summed E-state index contributed by atoms with van der Waals surface area (Å²) < 4.78 is 23.7. The molecule has 0 radical (unpaired) electrons. The van der Waals surface area contributed by atoms with Crippen LogP contribution in [0, 0.1) is 0 Å². The number of carbonyl (C=O) groups excluding carboxylic acids is 1. The van der Waals surface area contributed by atoms with Gasteiger partial charge in [0.1, 0.15) is 13.2 Å². The second-order valence-electron chi connectivity index (χ2n) is 23.1. The number of quaternary nitrogens is 1. The van der Waals surface area contributed by atoms with Gasteiger partial charge in [0.25, 0.3) is 0 Å². The third-order valence-corrected chi connectivity index (χ3v) is 15.4. The highest BCUT2D eigenvalue weighted by Gasteiger charge is 2.27. The zero-order chi connectivity index (χ0) is 54.9. The number of aliphatic hydroxyl groups is 1. The van der Waals surface area contributed by atoms with Crippen LogP contribution in [0.2, 0.25) is 0 Å². The van der Waals surface area contributed by atoms with Gasteiger partial charge in [-0.15, -0.1) is 0 Å². The van der Waals surface area contributed by atoms with Gasteiger partial charge >= 0.3 is 7.82 Å². The molecule has 0 aromatic heterocycles. The molecule has 3 unspecified atom stereocenters. The molecule has 0 aromatic carbocycles. The van der Waals surface area contributed by atoms with Crippen LogP contribution in [0.15, 0.2) is 60.8 Å². The van der Waals surface area contributed by atoms with Crippen LogP contribution in [0.4, 0.5) is 0 Å². The van der Waals surface area contributed by atoms with E-state index in [0.29, 0.717) is 17.4 Å². The van der Waals surface area contributed by atoms with Crippen molar-refractivity contribution in [3.8, 4) is 0 Å². The van der Waals surface area contributed by atoms with Crippen molar-refractivity contribution < 1.29 is 32.9 Å². The summed E-state index contributed by atoms with van der Waals surface area (Å²) >= 11 is 0. The molecule has 0 aromatic rings. The molecule has 9 heteroatoms. The van der Waals surface area contributed by atoms with Crippen LogP contribution >= 0.6 is 7.82 Å². The van der Waals surface area contributed by atoms with E-state index in [-0.39, 0.29) is 19.1 Å². The minimum Gasteiger partial charge on any atom is -0.387 e. The third kappa shape index (κ3) is 59.7. The minimum absolute atomic E-state index is 0.0566. The Bertz CT molecular complexity index is 1400. The number of nitrogens with one attached hydrogen (secondary N) is 1. The third-order valence-electron chi connectivity index (χ3n) is 14.5. The maximum atomic E-state index is 13.0. The van der Waals surface area contributed by atoms with Crippen molar-refractivity contribution in [2.24, 2.45) is 0 Å². The molecular weight excluding hydrogens is 948 g/mol. The lowest BCUT2D eigenvalue weighted by Gasteiger charge is -2.25. The molecule has 0 spiro atoms. The summed E-state index contributed by atoms with van der Waals surface area (Å²) in [5, 5.41) is 13.9. The predicted molar refractivity (Wildman–Crippen MR) is 327 cm³/mol. The Morgan fingerprint density at radius 3 is 1.16 bits per heavy atom. The number of hydrogen-bond donors (Lipinski definition) is 3. The molecule has 0 aliphatic carbocycles. The highest BCUT2D eigenvalue weighted by molar-refractivity contribution is 7.47. The molecule has 0 rings (SSSR count). The molecule has 0 aliphatic heterocycles. The van der Waals surface area contributed by atoms with Crippen LogP contribution in [0.1, 0.15) is 303 Å². The van der Waals surface area contributed by atoms with Gasteiger partial charge in [-0.05, 0) is 70.6 Å². The molecule has 440 valence electrons. The molecule has 0 bridgehead atoms. The molecule has 8 nitrogen and oxygen atoms in total. The van der Waals surface area contributed by atoms with Crippen LogP contribution in [0.3, 0.4) is 0 Å². The molecule has 0 saturated heterocycles. The van der Waals surface area contributed by atoms with Gasteiger partial charge in [-0.25, -0.2) is 4.57 Å². The highest BCUT2D eigenvalue weighted by Crippen LogP contribution is 2.43. The van der Waals surface area contributed by atoms with Crippen molar-refractivity contribution in [2.45, 2.75) is 315 Å². The van der Waals surface area contributed by atoms with E-state index in [1.807, 2.05) is 27.2 Å². The van der Waals surface area contributed by atoms with Gasteiger partial charge < -0.3 is 19.8 Å². The largest absolute Gasteiger partial charge is 0.472 e. The number of phosphoric acid groups is 1. The average molecular weight is 1070 g/mol. The normalized spacial score (nSPS) is 14.2. The van der Waals surface area contributed by atoms with Gasteiger partial charge in [-0.2, -0.15) is 0 Å². The number of allylic oxidation sites excluding steroid dienone is 9. The number of nitrogens with zero attached hydrogens (tertiary/aromatic N) is 1. The standard InChI is InChI=1S/C66H125N2O6P/c1-6-8-10-12-14-16-18-20-22-23-24-25-26-27-28-29-30-31-32-33-34-35-36-37-38-39-40-41-42-43-44-45-46-48-50-52-54-56-58-60-66(70)67-64(63-74-75(71,72)73-62-61-68(3,4)5)65(69)59-57-55-53-51-49-47-21-19-17-15-13-11-9-7-2/h18,20,23-24,26-27,49,51,57,59,64-65,69H,6-17,19,21-22,25,28-48,50,52-56,58,60-63H2,1-5H3,(H-,67,70,71,72)/p+1/b20-18-,24-23-,27-26-,51-49+,59-57+. The first kappa shape index (κ1) is 73.2. The number of rotatable bonds is 59. The Morgan fingerprint density at radius 2 is 0.773 bits per heavy atom. The van der Waals surface area contributed by atoms with Gasteiger partial charge in [0.15, 0.2) is 0 Å². The van der Waals surface area contributed by atoms with Crippen LogP contribution in [-0.2, 0) is 18.4 Å². The second-order valence-corrected chi connectivity index (χ2v) is 24.6. The Labute approximate surface area is 466 Å². The fourth-order valence-corrected chi connectivity index (χ4v) is 10.2. The zero-order valence-electron chi connectivity index (χ0n) is 50.3. The van der Waals surface area contributed by atoms with Gasteiger partial charge in [-0.1, -0.05) is 286 Å². The van der Waals surface area contributed by atoms with Crippen LogP contribution in [-0.4, -0.2) is 73.4 Å². The number of amides is 1. The maximum absolute atomic E-state index is 13.0. The van der Waals surface area contributed by atoms with E-state index >= 15 is 0 Å². The molecule has 0 saturated carbocycles. The Hall–Kier alpha value is -1.80. The van der Waals surface area contributed by atoms with E-state index in [1.165, 1.54) is 231 Å². The number of likely N-dealkylation sites (N-methyl/N-ethyl adjacent to an activating group) is 1. The second kappa shape index (κ2) is 56.9. The summed E-state index contributed by atoms with van der Waals surface area (Å²) in [7, 11) is 1.56. The zero-order valence-corrected chi connectivity index (χ0v) is 51.2. The highest BCUT2D eigenvalue weighted by atomic mass is 31.2. The van der Waals surface area contributed by atoms with E-state index in [0.717, 1.165) is 51.4 Å². The quantitative estimate of drug-likeness (QED) is 0.0243. The molecule has 0 fully saturated rings. The monoisotopic (exact) mass is 1070 g/mol. The van der Waals surface area contributed by atoms with Crippen molar-refractivity contribution in [3.63, 3.8) is 0 Å². The lowest BCUT2D eigenvalue weighted by Crippen LogP contribution is -2.45. The summed E-state index contributed by atoms with van der Waals surface area (Å²) in [6, 6.07) is -0.863. The molecule has 1 amide bonds. The average Bonchev–Trinajstić information content (AvgIpc) is 3.37. The maximum Gasteiger partial charge on any atom is 0.472 e. The summed E-state index contributed by atoms with van der Waals surface area (Å²) in [6.07, 6.45) is 78.0. The van der Waals surface area contributed by atoms with E-state index in [9.17, 15) is 19.4 Å². The molecule has 0 heterocycles. The lowest BCUT2D eigenvalue weighted by atomic mass is 10.0. The van der Waals surface area contributed by atoms with E-state index in [2.05, 4.69) is 67.8 Å². The number of carbonyl (C=O) groups is 1. The predicted octanol–water partition coefficient (Wildman–Crippen LogP) is 20.0. The minimum atomic E-state index is -4.35. The number of phosphoric ester groups is 1. The Balaban J connectivity index is 3.92. The van der Waals surface area contributed by atoms with Crippen LogP contribution in [0.5, 0.6) is 0 Å². The van der Waals surface area contributed by atoms with Crippen molar-refractivity contribution in [1.29, 1.82) is 0 Å². The van der Waals surface area contributed by atoms with Crippen molar-refractivity contribution >= 4 is 13.7 Å². The summed E-state index contributed by atoms with van der Waals surface area (Å²) in [5.74, 6) is -0.183. The van der Waals surface area contributed by atoms with Gasteiger partial charge in [0.2, 0.25) is 5.91 Å². The first-order chi connectivity index (χ1) is 36.5. The summed E-state index contributed by atoms with van der Waals surface area (Å²) in [5.41, 5.74) is 0. The summed E-state index contributed by atoms with van der Waals surface area (Å²) in [6.45, 7) is 4.80. The number of hydrogen-bond acceptors (Lipinski definition) is 5. The SMILES string of the molecule is CCCCCCC/C=C\C/C=C\C/C=C\CCCCCCCCCCCCCCCCCCCCCCCCCCC(=O)NC(COP(=O)(O)OCC[N+](C)(C)C)C(O)/C=C/CC/C=C/CCCCCCCCCC. The lowest BCUT2D eigenvalue weighted by molar-refractivity contribution is -0.870. The topological polar surface area (TPSA) is 105 Å². The molecule has 3 atom stereocenters. The Morgan fingerprint density at radius 1 is 0.453 bits per heavy atom. The fourth-order valence-electron chi connectivity index (χ4n) is 9.42. The van der Waals surface area contributed by atoms with Crippen LogP contribution in [0.25, 0.3) is 0 Å². The van der Waals surface area contributed by atoms with Gasteiger partial charge in [-0.3, -0.25) is 13.8 Å². The van der Waals surface area contributed by atoms with Gasteiger partial charge in [0.05, 0.1) is 39.9 Å². The number of aliphatic hydroxyl groups excluding tert-OH is 1. The molecular formula is C66H126N2O6P+. The van der Waals surface area contributed by atoms with Gasteiger partial charge in [0, 0.05) is 6.42 Å². The van der Waals surface area contributed by atoms with Crippen molar-refractivity contribution in [1.82, 2.24) is 5.32 Å². The van der Waals surface area contributed by atoms with E-state index in [1.54, 1.807) is 6.08 Å². The van der Waals surface area contributed by atoms with E-state index < -0.39 is 20.0 Å². The molecule has 0 aliphatic rings. The first-order valence-corrected chi connectivity index (χ1v) is 33.7. The smallest absolute Gasteiger partial charge is 0.387 e. The molecule has 75 heavy (non-hydrogen) atoms. The van der Waals surface area contributed by atoms with E-state index in [4.69, 9.17) is 9.05 Å². The summed E-state index contributed by atoms with van der Waals surface area (Å²) in [4.78, 5) is 23.3.